The van der Waals surface area contributed by atoms with Crippen LogP contribution >= 0.6 is 0 Å². The number of aliphatic hydroxyl groups excluding tert-OH is 3. The summed E-state index contributed by atoms with van der Waals surface area (Å²) in [5.74, 6) is 0.836. The van der Waals surface area contributed by atoms with Crippen molar-refractivity contribution in [3.8, 4) is 0 Å². The Morgan fingerprint density at radius 3 is 2.39 bits per heavy atom. The van der Waals surface area contributed by atoms with Gasteiger partial charge in [0, 0.05) is 25.5 Å². The van der Waals surface area contributed by atoms with Gasteiger partial charge in [0.15, 0.2) is 0 Å². The molecular formula is C17H23N3O3. The van der Waals surface area contributed by atoms with E-state index in [9.17, 15) is 15.3 Å². The number of aromatic nitrogens is 2. The van der Waals surface area contributed by atoms with Crippen LogP contribution in [0.5, 0.6) is 0 Å². The number of aryl methyl sites for hydroxylation is 1. The van der Waals surface area contributed by atoms with Gasteiger partial charge in [0.25, 0.3) is 0 Å². The average molecular weight is 317 g/mol. The number of hydrogen-bond donors (Lipinski definition) is 3. The summed E-state index contributed by atoms with van der Waals surface area (Å²) in [7, 11) is 1.91. The standard InChI is InChI=1S/C17H23N3O3/c1-19-8-7-18-15(19)10-20-13(9-12-5-3-2-4-6-12)16(22)17(23)14(20)11-21/h2-8,13-14,16-17,21-23H,9-11H2,1H3/t13-,14+,16-,17+/m0/s1. The van der Waals surface area contributed by atoms with E-state index >= 15 is 0 Å². The van der Waals surface area contributed by atoms with Gasteiger partial charge in [-0.1, -0.05) is 30.3 Å². The van der Waals surface area contributed by atoms with E-state index in [0.29, 0.717) is 13.0 Å². The van der Waals surface area contributed by atoms with Crippen LogP contribution in [0.15, 0.2) is 42.7 Å². The van der Waals surface area contributed by atoms with E-state index in [1.807, 2.05) is 53.0 Å². The number of likely N-dealkylation sites (tertiary alicyclic amines) is 1. The lowest BCUT2D eigenvalue weighted by molar-refractivity contribution is 0.0177. The van der Waals surface area contributed by atoms with Gasteiger partial charge in [-0.05, 0) is 12.0 Å². The molecule has 1 fully saturated rings. The lowest BCUT2D eigenvalue weighted by atomic mass is 10.0. The summed E-state index contributed by atoms with van der Waals surface area (Å²) in [6.45, 7) is 0.272. The van der Waals surface area contributed by atoms with Crippen molar-refractivity contribution in [2.75, 3.05) is 6.61 Å². The van der Waals surface area contributed by atoms with Gasteiger partial charge in [-0.3, -0.25) is 4.90 Å². The molecular weight excluding hydrogens is 294 g/mol. The number of aliphatic hydroxyl groups is 3. The van der Waals surface area contributed by atoms with Crippen LogP contribution in [0.3, 0.4) is 0 Å². The van der Waals surface area contributed by atoms with Crippen LogP contribution in [0.2, 0.25) is 0 Å². The van der Waals surface area contributed by atoms with Crippen LogP contribution < -0.4 is 0 Å². The first kappa shape index (κ1) is 16.1. The van der Waals surface area contributed by atoms with Gasteiger partial charge in [-0.2, -0.15) is 0 Å². The van der Waals surface area contributed by atoms with Crippen molar-refractivity contribution in [3.05, 3.63) is 54.1 Å². The molecule has 3 rings (SSSR count). The van der Waals surface area contributed by atoms with E-state index < -0.39 is 18.2 Å². The third kappa shape index (κ3) is 3.16. The molecule has 2 heterocycles. The molecule has 0 unspecified atom stereocenters. The zero-order chi connectivity index (χ0) is 16.4. The van der Waals surface area contributed by atoms with Gasteiger partial charge < -0.3 is 19.9 Å². The van der Waals surface area contributed by atoms with Crippen molar-refractivity contribution in [1.29, 1.82) is 0 Å². The summed E-state index contributed by atoms with van der Waals surface area (Å²) in [5, 5.41) is 30.4. The first-order chi connectivity index (χ1) is 11.1. The monoisotopic (exact) mass is 317 g/mol. The van der Waals surface area contributed by atoms with Crippen LogP contribution in [-0.4, -0.2) is 60.7 Å². The highest BCUT2D eigenvalue weighted by Crippen LogP contribution is 2.29. The molecule has 0 saturated carbocycles. The van der Waals surface area contributed by atoms with Crippen LogP contribution in [0.4, 0.5) is 0 Å². The second kappa shape index (κ2) is 6.80. The topological polar surface area (TPSA) is 81.8 Å². The largest absolute Gasteiger partial charge is 0.395 e. The second-order valence-corrected chi connectivity index (χ2v) is 6.11. The minimum atomic E-state index is -0.964. The number of imidazole rings is 1. The van der Waals surface area contributed by atoms with E-state index in [1.165, 1.54) is 0 Å². The molecule has 0 amide bonds. The van der Waals surface area contributed by atoms with E-state index in [1.54, 1.807) is 6.20 Å². The Morgan fingerprint density at radius 2 is 1.78 bits per heavy atom. The molecule has 0 aliphatic carbocycles. The molecule has 2 aromatic rings. The fourth-order valence-electron chi connectivity index (χ4n) is 3.35. The van der Waals surface area contributed by atoms with Crippen LogP contribution in [0.25, 0.3) is 0 Å². The molecule has 1 aromatic heterocycles. The van der Waals surface area contributed by atoms with Crippen LogP contribution in [0.1, 0.15) is 11.4 Å². The third-order valence-electron chi connectivity index (χ3n) is 4.71. The van der Waals surface area contributed by atoms with E-state index in [-0.39, 0.29) is 12.6 Å². The molecule has 1 saturated heterocycles. The second-order valence-electron chi connectivity index (χ2n) is 6.11. The van der Waals surface area contributed by atoms with Crippen LogP contribution in [0, 0.1) is 0 Å². The Labute approximate surface area is 135 Å². The lowest BCUT2D eigenvalue weighted by Crippen LogP contribution is -2.42. The molecule has 124 valence electrons. The Hall–Kier alpha value is -1.73. The van der Waals surface area contributed by atoms with Crippen molar-refractivity contribution in [2.24, 2.45) is 7.05 Å². The van der Waals surface area contributed by atoms with E-state index in [4.69, 9.17) is 0 Å². The average Bonchev–Trinajstić information content (AvgIpc) is 3.06. The first-order valence-corrected chi connectivity index (χ1v) is 7.84. The number of nitrogens with zero attached hydrogens (tertiary/aromatic N) is 3. The molecule has 6 nitrogen and oxygen atoms in total. The Bertz CT molecular complexity index is 631. The van der Waals surface area contributed by atoms with E-state index in [2.05, 4.69) is 4.98 Å². The number of rotatable bonds is 5. The lowest BCUT2D eigenvalue weighted by Gasteiger charge is -2.29. The SMILES string of the molecule is Cn1ccnc1CN1[C@H](CO)[C@@H](O)[C@@H](O)[C@@H]1Cc1ccccc1. The van der Waals surface area contributed by atoms with Gasteiger partial charge in [0.1, 0.15) is 5.82 Å². The zero-order valence-corrected chi connectivity index (χ0v) is 13.2. The van der Waals surface area contributed by atoms with E-state index in [0.717, 1.165) is 11.4 Å². The zero-order valence-electron chi connectivity index (χ0n) is 13.2. The van der Waals surface area contributed by atoms with Gasteiger partial charge in [-0.15, -0.1) is 0 Å². The van der Waals surface area contributed by atoms with Crippen molar-refractivity contribution < 1.29 is 15.3 Å². The summed E-state index contributed by atoms with van der Waals surface area (Å²) in [4.78, 5) is 6.28. The Morgan fingerprint density at radius 1 is 1.09 bits per heavy atom. The molecule has 0 bridgehead atoms. The molecule has 3 N–H and O–H groups in total. The van der Waals surface area contributed by atoms with Crippen molar-refractivity contribution in [1.82, 2.24) is 14.5 Å². The maximum Gasteiger partial charge on any atom is 0.122 e. The van der Waals surface area contributed by atoms with Gasteiger partial charge in [0.05, 0.1) is 31.4 Å². The Kier molecular flexibility index (Phi) is 4.77. The maximum atomic E-state index is 10.5. The predicted molar refractivity (Wildman–Crippen MR) is 85.6 cm³/mol. The molecule has 6 heteroatoms. The minimum absolute atomic E-state index is 0.200. The van der Waals surface area contributed by atoms with Gasteiger partial charge in [0.2, 0.25) is 0 Å². The first-order valence-electron chi connectivity index (χ1n) is 7.84. The maximum absolute atomic E-state index is 10.5. The normalized spacial score (nSPS) is 28.3. The Balaban J connectivity index is 1.85. The summed E-state index contributed by atoms with van der Waals surface area (Å²) >= 11 is 0. The smallest absolute Gasteiger partial charge is 0.122 e. The van der Waals surface area contributed by atoms with Crippen molar-refractivity contribution in [3.63, 3.8) is 0 Å². The summed E-state index contributed by atoms with van der Waals surface area (Å²) in [5.41, 5.74) is 1.09. The summed E-state index contributed by atoms with van der Waals surface area (Å²) in [6.07, 6.45) is 2.33. The van der Waals surface area contributed by atoms with Gasteiger partial charge in [-0.25, -0.2) is 4.98 Å². The highest BCUT2D eigenvalue weighted by atomic mass is 16.3. The fourth-order valence-corrected chi connectivity index (χ4v) is 3.35. The minimum Gasteiger partial charge on any atom is -0.395 e. The van der Waals surface area contributed by atoms with Crippen molar-refractivity contribution in [2.45, 2.75) is 37.3 Å². The quantitative estimate of drug-likeness (QED) is 0.719. The third-order valence-corrected chi connectivity index (χ3v) is 4.71. The molecule has 4 atom stereocenters. The predicted octanol–water partition coefficient (Wildman–Crippen LogP) is -0.0703. The molecule has 1 aliphatic heterocycles. The van der Waals surface area contributed by atoms with Crippen LogP contribution in [-0.2, 0) is 20.0 Å². The number of hydrogen-bond acceptors (Lipinski definition) is 5. The molecule has 1 aromatic carbocycles. The summed E-state index contributed by atoms with van der Waals surface area (Å²) < 4.78 is 1.91. The molecule has 0 radical (unpaired) electrons. The van der Waals surface area contributed by atoms with Gasteiger partial charge >= 0.3 is 0 Å². The molecule has 0 spiro atoms. The highest BCUT2D eigenvalue weighted by molar-refractivity contribution is 5.18. The molecule has 23 heavy (non-hydrogen) atoms. The van der Waals surface area contributed by atoms with Crippen molar-refractivity contribution >= 4 is 0 Å². The molecule has 1 aliphatic rings. The summed E-state index contributed by atoms with van der Waals surface area (Å²) in [6, 6.07) is 9.12. The number of benzene rings is 1. The highest BCUT2D eigenvalue weighted by Gasteiger charge is 2.47. The fraction of sp³-hybridized carbons (Fsp3) is 0.471.